The Morgan fingerprint density at radius 1 is 1.50 bits per heavy atom. The van der Waals surface area contributed by atoms with Gasteiger partial charge in [0.1, 0.15) is 0 Å². The molecule has 0 saturated carbocycles. The minimum absolute atomic E-state index is 0.0285. The highest BCUT2D eigenvalue weighted by atomic mass is 32.2. The molecule has 0 aromatic heterocycles. The van der Waals surface area contributed by atoms with Crippen LogP contribution in [0.25, 0.3) is 0 Å². The van der Waals surface area contributed by atoms with Gasteiger partial charge >= 0.3 is 0 Å². The van der Waals surface area contributed by atoms with Gasteiger partial charge in [0.05, 0.1) is 0 Å². The Morgan fingerprint density at radius 3 is 2.71 bits per heavy atom. The Labute approximate surface area is 90.4 Å². The number of hydrogen-bond donors (Lipinski definition) is 2. The molecular formula is C10H20N2OS. The Kier molecular flexibility index (Phi) is 4.75. The second kappa shape index (κ2) is 5.61. The van der Waals surface area contributed by atoms with Crippen molar-refractivity contribution in [2.24, 2.45) is 0 Å². The number of nitrogens with one attached hydrogen (secondary N) is 2. The number of piperidine rings is 1. The molecule has 3 nitrogen and oxygen atoms in total. The minimum atomic E-state index is 0.0285. The van der Waals surface area contributed by atoms with Gasteiger partial charge < -0.3 is 10.6 Å². The van der Waals surface area contributed by atoms with Crippen LogP contribution in [-0.4, -0.2) is 36.5 Å². The van der Waals surface area contributed by atoms with Crippen molar-refractivity contribution in [3.63, 3.8) is 0 Å². The molecule has 0 atom stereocenters. The zero-order chi connectivity index (χ0) is 10.4. The van der Waals surface area contributed by atoms with Crippen molar-refractivity contribution in [2.75, 3.05) is 25.1 Å². The lowest BCUT2D eigenvalue weighted by Gasteiger charge is -2.35. The molecule has 82 valence electrons. The Morgan fingerprint density at radius 2 is 2.14 bits per heavy atom. The standard InChI is InChI=1S/C10H20N2OS/c1-10(4-6-11-7-5-10)12-9(13)3-8-14-2/h11H,3-8H2,1-2H3,(H,12,13). The van der Waals surface area contributed by atoms with Gasteiger partial charge in [-0.2, -0.15) is 11.8 Å². The fourth-order valence-electron chi connectivity index (χ4n) is 1.70. The van der Waals surface area contributed by atoms with Crippen molar-refractivity contribution in [2.45, 2.75) is 31.7 Å². The smallest absolute Gasteiger partial charge is 0.221 e. The summed E-state index contributed by atoms with van der Waals surface area (Å²) < 4.78 is 0. The van der Waals surface area contributed by atoms with Crippen LogP contribution < -0.4 is 10.6 Å². The van der Waals surface area contributed by atoms with E-state index in [2.05, 4.69) is 17.6 Å². The van der Waals surface area contributed by atoms with E-state index in [4.69, 9.17) is 0 Å². The van der Waals surface area contributed by atoms with E-state index in [1.807, 2.05) is 6.26 Å². The predicted octanol–water partition coefficient (Wildman–Crippen LogP) is 0.998. The number of carbonyl (C=O) groups excluding carboxylic acids is 1. The van der Waals surface area contributed by atoms with Crippen molar-refractivity contribution in [3.05, 3.63) is 0 Å². The summed E-state index contributed by atoms with van der Waals surface area (Å²) in [5.74, 6) is 1.11. The highest BCUT2D eigenvalue weighted by Crippen LogP contribution is 2.17. The molecule has 0 unspecified atom stereocenters. The lowest BCUT2D eigenvalue weighted by atomic mass is 9.90. The zero-order valence-electron chi connectivity index (χ0n) is 9.06. The molecule has 1 saturated heterocycles. The van der Waals surface area contributed by atoms with E-state index in [9.17, 15) is 4.79 Å². The van der Waals surface area contributed by atoms with Gasteiger partial charge in [-0.05, 0) is 39.1 Å². The number of amides is 1. The third kappa shape index (κ3) is 3.88. The van der Waals surface area contributed by atoms with Gasteiger partial charge in [-0.1, -0.05) is 0 Å². The van der Waals surface area contributed by atoms with Gasteiger partial charge in [-0.3, -0.25) is 4.79 Å². The summed E-state index contributed by atoms with van der Waals surface area (Å²) in [5, 5.41) is 6.44. The summed E-state index contributed by atoms with van der Waals surface area (Å²) in [6.07, 6.45) is 4.75. The molecule has 1 heterocycles. The van der Waals surface area contributed by atoms with Crippen molar-refractivity contribution >= 4 is 17.7 Å². The predicted molar refractivity (Wildman–Crippen MR) is 61.7 cm³/mol. The van der Waals surface area contributed by atoms with Gasteiger partial charge in [-0.25, -0.2) is 0 Å². The van der Waals surface area contributed by atoms with Gasteiger partial charge in [0, 0.05) is 17.7 Å². The van der Waals surface area contributed by atoms with Gasteiger partial charge in [0.15, 0.2) is 0 Å². The fraction of sp³-hybridized carbons (Fsp3) is 0.900. The number of rotatable bonds is 4. The van der Waals surface area contributed by atoms with E-state index in [-0.39, 0.29) is 11.4 Å². The van der Waals surface area contributed by atoms with Gasteiger partial charge in [0.25, 0.3) is 0 Å². The van der Waals surface area contributed by atoms with Crippen LogP contribution in [0.5, 0.6) is 0 Å². The molecule has 0 radical (unpaired) electrons. The third-order valence-corrected chi connectivity index (χ3v) is 3.29. The second-order valence-electron chi connectivity index (χ2n) is 4.10. The number of carbonyl (C=O) groups is 1. The molecule has 14 heavy (non-hydrogen) atoms. The first-order valence-electron chi connectivity index (χ1n) is 5.17. The molecule has 0 spiro atoms. The summed E-state index contributed by atoms with van der Waals surface area (Å²) in [7, 11) is 0. The number of hydrogen-bond acceptors (Lipinski definition) is 3. The molecule has 1 fully saturated rings. The van der Waals surface area contributed by atoms with Crippen LogP contribution in [-0.2, 0) is 4.79 Å². The summed E-state index contributed by atoms with van der Waals surface area (Å²) in [4.78, 5) is 11.5. The Hall–Kier alpha value is -0.220. The van der Waals surface area contributed by atoms with Crippen molar-refractivity contribution in [3.8, 4) is 0 Å². The van der Waals surface area contributed by atoms with E-state index in [1.54, 1.807) is 11.8 Å². The van der Waals surface area contributed by atoms with E-state index < -0.39 is 0 Å². The maximum absolute atomic E-state index is 11.5. The molecule has 1 rings (SSSR count). The highest BCUT2D eigenvalue weighted by Gasteiger charge is 2.27. The SMILES string of the molecule is CSCCC(=O)NC1(C)CCNCC1. The zero-order valence-corrected chi connectivity index (χ0v) is 9.88. The molecule has 1 aliphatic rings. The van der Waals surface area contributed by atoms with Crippen LogP contribution in [0.4, 0.5) is 0 Å². The van der Waals surface area contributed by atoms with Crippen LogP contribution in [0.2, 0.25) is 0 Å². The van der Waals surface area contributed by atoms with E-state index in [0.29, 0.717) is 6.42 Å². The average Bonchev–Trinajstić information content (AvgIpc) is 2.15. The maximum atomic E-state index is 11.5. The van der Waals surface area contributed by atoms with Crippen LogP contribution in [0.3, 0.4) is 0 Å². The quantitative estimate of drug-likeness (QED) is 0.736. The summed E-state index contributed by atoms with van der Waals surface area (Å²) in [6, 6.07) is 0. The van der Waals surface area contributed by atoms with Crippen LogP contribution >= 0.6 is 11.8 Å². The monoisotopic (exact) mass is 216 g/mol. The van der Waals surface area contributed by atoms with Crippen LogP contribution in [0, 0.1) is 0 Å². The molecule has 0 aromatic rings. The summed E-state index contributed by atoms with van der Waals surface area (Å²) in [6.45, 7) is 4.17. The molecule has 0 aromatic carbocycles. The Bertz CT molecular complexity index is 191. The minimum Gasteiger partial charge on any atom is -0.351 e. The summed E-state index contributed by atoms with van der Waals surface area (Å²) >= 11 is 1.72. The van der Waals surface area contributed by atoms with Crippen LogP contribution in [0.15, 0.2) is 0 Å². The van der Waals surface area contributed by atoms with Crippen molar-refractivity contribution < 1.29 is 4.79 Å². The van der Waals surface area contributed by atoms with Gasteiger partial charge in [-0.15, -0.1) is 0 Å². The first-order chi connectivity index (χ1) is 6.66. The average molecular weight is 216 g/mol. The maximum Gasteiger partial charge on any atom is 0.221 e. The molecule has 0 bridgehead atoms. The van der Waals surface area contributed by atoms with Crippen molar-refractivity contribution in [1.82, 2.24) is 10.6 Å². The van der Waals surface area contributed by atoms with Gasteiger partial charge in [0.2, 0.25) is 5.91 Å². The first kappa shape index (κ1) is 11.9. The molecule has 1 amide bonds. The van der Waals surface area contributed by atoms with Crippen molar-refractivity contribution in [1.29, 1.82) is 0 Å². The second-order valence-corrected chi connectivity index (χ2v) is 5.09. The molecular weight excluding hydrogens is 196 g/mol. The molecule has 0 aliphatic carbocycles. The van der Waals surface area contributed by atoms with E-state index in [0.717, 1.165) is 31.7 Å². The Balaban J connectivity index is 2.29. The number of thioether (sulfide) groups is 1. The topological polar surface area (TPSA) is 41.1 Å². The van der Waals surface area contributed by atoms with Crippen LogP contribution in [0.1, 0.15) is 26.2 Å². The third-order valence-electron chi connectivity index (χ3n) is 2.68. The lowest BCUT2D eigenvalue weighted by Crippen LogP contribution is -2.52. The molecule has 2 N–H and O–H groups in total. The van der Waals surface area contributed by atoms with E-state index in [1.165, 1.54) is 0 Å². The normalized spacial score (nSPS) is 20.4. The molecule has 1 aliphatic heterocycles. The molecule has 4 heteroatoms. The first-order valence-corrected chi connectivity index (χ1v) is 6.56. The lowest BCUT2D eigenvalue weighted by molar-refractivity contribution is -0.122. The summed E-state index contributed by atoms with van der Waals surface area (Å²) in [5.41, 5.74) is 0.0285. The highest BCUT2D eigenvalue weighted by molar-refractivity contribution is 7.98. The fourth-order valence-corrected chi connectivity index (χ4v) is 2.09. The van der Waals surface area contributed by atoms with E-state index >= 15 is 0 Å². The largest absolute Gasteiger partial charge is 0.351 e.